The van der Waals surface area contributed by atoms with Gasteiger partial charge >= 0.3 is 0 Å². The third-order valence-corrected chi connectivity index (χ3v) is 3.67. The first-order valence-corrected chi connectivity index (χ1v) is 8.08. The number of carbonyl (C=O) groups is 1. The van der Waals surface area contributed by atoms with Gasteiger partial charge in [0.05, 0.1) is 5.69 Å². The Hall–Kier alpha value is -2.16. The van der Waals surface area contributed by atoms with Crippen LogP contribution in [0.3, 0.4) is 0 Å². The van der Waals surface area contributed by atoms with Crippen LogP contribution in [0.5, 0.6) is 0 Å². The Kier molecular flexibility index (Phi) is 6.13. The van der Waals surface area contributed by atoms with Crippen LogP contribution < -0.4 is 5.32 Å². The SMILES string of the molecule is CCCCCc1ccc(-c2ccc(C(=O)NCC)cc2)nc1. The lowest BCUT2D eigenvalue weighted by Crippen LogP contribution is -2.22. The number of nitrogens with zero attached hydrogens (tertiary/aromatic N) is 1. The van der Waals surface area contributed by atoms with Gasteiger partial charge in [-0.2, -0.15) is 0 Å². The number of benzene rings is 1. The van der Waals surface area contributed by atoms with Gasteiger partial charge in [0.2, 0.25) is 0 Å². The number of rotatable bonds is 7. The summed E-state index contributed by atoms with van der Waals surface area (Å²) in [6.45, 7) is 4.77. The van der Waals surface area contributed by atoms with Crippen molar-refractivity contribution in [3.05, 3.63) is 53.7 Å². The predicted octanol–water partition coefficient (Wildman–Crippen LogP) is 4.23. The van der Waals surface area contributed by atoms with Crippen molar-refractivity contribution in [3.63, 3.8) is 0 Å². The molecule has 0 aliphatic heterocycles. The summed E-state index contributed by atoms with van der Waals surface area (Å²) in [5.41, 5.74) is 3.95. The Morgan fingerprint density at radius 1 is 1.05 bits per heavy atom. The number of aromatic nitrogens is 1. The molecule has 3 heteroatoms. The fourth-order valence-corrected chi connectivity index (χ4v) is 2.38. The van der Waals surface area contributed by atoms with E-state index in [-0.39, 0.29) is 5.91 Å². The van der Waals surface area contributed by atoms with Crippen molar-refractivity contribution in [2.45, 2.75) is 39.5 Å². The highest BCUT2D eigenvalue weighted by Crippen LogP contribution is 2.18. The zero-order chi connectivity index (χ0) is 15.8. The number of nitrogens with one attached hydrogen (secondary N) is 1. The van der Waals surface area contributed by atoms with Gasteiger partial charge in [0.15, 0.2) is 0 Å². The van der Waals surface area contributed by atoms with E-state index in [1.807, 2.05) is 37.4 Å². The highest BCUT2D eigenvalue weighted by atomic mass is 16.1. The van der Waals surface area contributed by atoms with Crippen LogP contribution in [0.1, 0.15) is 49.0 Å². The van der Waals surface area contributed by atoms with E-state index in [1.54, 1.807) is 0 Å². The van der Waals surface area contributed by atoms with Gasteiger partial charge in [-0.1, -0.05) is 38.0 Å². The summed E-state index contributed by atoms with van der Waals surface area (Å²) in [4.78, 5) is 16.3. The van der Waals surface area contributed by atoms with Crippen LogP contribution in [-0.4, -0.2) is 17.4 Å². The molecule has 1 aromatic heterocycles. The highest BCUT2D eigenvalue weighted by molar-refractivity contribution is 5.94. The topological polar surface area (TPSA) is 42.0 Å². The van der Waals surface area contributed by atoms with E-state index in [4.69, 9.17) is 0 Å². The molecule has 116 valence electrons. The molecule has 2 rings (SSSR count). The summed E-state index contributed by atoms with van der Waals surface area (Å²) in [5, 5.41) is 2.80. The smallest absolute Gasteiger partial charge is 0.251 e. The first kappa shape index (κ1) is 16.2. The fourth-order valence-electron chi connectivity index (χ4n) is 2.38. The lowest BCUT2D eigenvalue weighted by Gasteiger charge is -2.05. The Morgan fingerprint density at radius 3 is 2.41 bits per heavy atom. The molecule has 0 saturated carbocycles. The molecule has 0 atom stereocenters. The number of pyridine rings is 1. The number of amides is 1. The number of unbranched alkanes of at least 4 members (excludes halogenated alkanes) is 2. The Labute approximate surface area is 132 Å². The molecule has 0 unspecified atom stereocenters. The molecular formula is C19H24N2O. The monoisotopic (exact) mass is 296 g/mol. The van der Waals surface area contributed by atoms with Crippen molar-refractivity contribution < 1.29 is 4.79 Å². The largest absolute Gasteiger partial charge is 0.352 e. The molecule has 0 aliphatic carbocycles. The molecule has 1 aromatic carbocycles. The normalized spacial score (nSPS) is 10.5. The van der Waals surface area contributed by atoms with E-state index in [0.717, 1.165) is 17.7 Å². The summed E-state index contributed by atoms with van der Waals surface area (Å²) in [6, 6.07) is 11.8. The standard InChI is InChI=1S/C19H24N2O/c1-3-5-6-7-15-8-13-18(21-14-15)16-9-11-17(12-10-16)19(22)20-4-2/h8-14H,3-7H2,1-2H3,(H,20,22). The molecule has 1 amide bonds. The summed E-state index contributed by atoms with van der Waals surface area (Å²) in [6.07, 6.45) is 6.78. The van der Waals surface area contributed by atoms with Gasteiger partial charge in [-0.25, -0.2) is 0 Å². The maximum atomic E-state index is 11.7. The summed E-state index contributed by atoms with van der Waals surface area (Å²) in [5.74, 6) is -0.0340. The number of aryl methyl sites for hydroxylation is 1. The molecule has 0 aliphatic rings. The van der Waals surface area contributed by atoms with Crippen molar-refractivity contribution >= 4 is 5.91 Å². The van der Waals surface area contributed by atoms with Crippen molar-refractivity contribution in [2.24, 2.45) is 0 Å². The van der Waals surface area contributed by atoms with Crippen LogP contribution in [0.25, 0.3) is 11.3 Å². The van der Waals surface area contributed by atoms with E-state index in [9.17, 15) is 4.79 Å². The lowest BCUT2D eigenvalue weighted by molar-refractivity contribution is 0.0956. The van der Waals surface area contributed by atoms with Crippen LogP contribution in [0, 0.1) is 0 Å². The minimum atomic E-state index is -0.0340. The number of hydrogen-bond donors (Lipinski definition) is 1. The fraction of sp³-hybridized carbons (Fsp3) is 0.368. The minimum Gasteiger partial charge on any atom is -0.352 e. The molecular weight excluding hydrogens is 272 g/mol. The van der Waals surface area contributed by atoms with Gasteiger partial charge in [-0.3, -0.25) is 9.78 Å². The second-order valence-corrected chi connectivity index (χ2v) is 5.45. The number of hydrogen-bond acceptors (Lipinski definition) is 2. The molecule has 1 N–H and O–H groups in total. The highest BCUT2D eigenvalue weighted by Gasteiger charge is 2.05. The van der Waals surface area contributed by atoms with Crippen molar-refractivity contribution in [3.8, 4) is 11.3 Å². The molecule has 0 radical (unpaired) electrons. The van der Waals surface area contributed by atoms with E-state index >= 15 is 0 Å². The van der Waals surface area contributed by atoms with Gasteiger partial charge in [0.1, 0.15) is 0 Å². The maximum Gasteiger partial charge on any atom is 0.251 e. The predicted molar refractivity (Wildman–Crippen MR) is 90.9 cm³/mol. The molecule has 0 saturated heterocycles. The third-order valence-electron chi connectivity index (χ3n) is 3.67. The Morgan fingerprint density at radius 2 is 1.82 bits per heavy atom. The first-order valence-electron chi connectivity index (χ1n) is 8.08. The van der Waals surface area contributed by atoms with Crippen LogP contribution in [-0.2, 0) is 6.42 Å². The zero-order valence-electron chi connectivity index (χ0n) is 13.4. The van der Waals surface area contributed by atoms with Crippen molar-refractivity contribution in [1.29, 1.82) is 0 Å². The van der Waals surface area contributed by atoms with E-state index < -0.39 is 0 Å². The second-order valence-electron chi connectivity index (χ2n) is 5.45. The van der Waals surface area contributed by atoms with Gasteiger partial charge in [-0.05, 0) is 43.5 Å². The van der Waals surface area contributed by atoms with Gasteiger partial charge < -0.3 is 5.32 Å². The summed E-state index contributed by atoms with van der Waals surface area (Å²) < 4.78 is 0. The van der Waals surface area contributed by atoms with Crippen LogP contribution in [0.4, 0.5) is 0 Å². The molecule has 0 spiro atoms. The first-order chi connectivity index (χ1) is 10.7. The van der Waals surface area contributed by atoms with E-state index in [2.05, 4.69) is 29.4 Å². The second kappa shape index (κ2) is 8.32. The van der Waals surface area contributed by atoms with Crippen LogP contribution in [0.2, 0.25) is 0 Å². The van der Waals surface area contributed by atoms with Crippen LogP contribution in [0.15, 0.2) is 42.6 Å². The van der Waals surface area contributed by atoms with Gasteiger partial charge in [0.25, 0.3) is 5.91 Å². The molecule has 22 heavy (non-hydrogen) atoms. The minimum absolute atomic E-state index is 0.0340. The van der Waals surface area contributed by atoms with Gasteiger partial charge in [-0.15, -0.1) is 0 Å². The summed E-state index contributed by atoms with van der Waals surface area (Å²) in [7, 11) is 0. The van der Waals surface area contributed by atoms with E-state index in [0.29, 0.717) is 12.1 Å². The Balaban J connectivity index is 2.03. The zero-order valence-corrected chi connectivity index (χ0v) is 13.4. The molecule has 2 aromatic rings. The van der Waals surface area contributed by atoms with Crippen LogP contribution >= 0.6 is 0 Å². The molecule has 1 heterocycles. The van der Waals surface area contributed by atoms with E-state index in [1.165, 1.54) is 24.8 Å². The lowest BCUT2D eigenvalue weighted by atomic mass is 10.1. The average molecular weight is 296 g/mol. The quantitative estimate of drug-likeness (QED) is 0.777. The maximum absolute atomic E-state index is 11.7. The third kappa shape index (κ3) is 4.42. The average Bonchev–Trinajstić information content (AvgIpc) is 2.56. The molecule has 0 bridgehead atoms. The number of carbonyl (C=O) groups excluding carboxylic acids is 1. The molecule has 3 nitrogen and oxygen atoms in total. The summed E-state index contributed by atoms with van der Waals surface area (Å²) >= 11 is 0. The van der Waals surface area contributed by atoms with Gasteiger partial charge in [0, 0.05) is 23.9 Å². The van der Waals surface area contributed by atoms with Crippen molar-refractivity contribution in [1.82, 2.24) is 10.3 Å². The Bertz CT molecular complexity index is 588. The molecule has 0 fully saturated rings. The van der Waals surface area contributed by atoms with Crippen molar-refractivity contribution in [2.75, 3.05) is 6.54 Å².